The Morgan fingerprint density at radius 2 is 1.95 bits per heavy atom. The number of anilines is 1. The number of rotatable bonds is 5. The van der Waals surface area contributed by atoms with Gasteiger partial charge in [-0.3, -0.25) is 0 Å². The SMILES string of the molecule is CNC(C)c1ccc(N(C)Cc2ccccc2Br)c(Cl)c1. The molecule has 0 amide bonds. The molecule has 0 aliphatic carbocycles. The molecule has 0 saturated heterocycles. The van der Waals surface area contributed by atoms with Crippen LogP contribution in [-0.4, -0.2) is 14.1 Å². The van der Waals surface area contributed by atoms with Crippen molar-refractivity contribution in [2.45, 2.75) is 19.5 Å². The molecule has 2 aromatic rings. The first kappa shape index (κ1) is 16.3. The second-order valence-electron chi connectivity index (χ2n) is 5.17. The van der Waals surface area contributed by atoms with E-state index in [1.54, 1.807) is 0 Å². The van der Waals surface area contributed by atoms with Crippen molar-refractivity contribution in [3.63, 3.8) is 0 Å². The van der Waals surface area contributed by atoms with E-state index in [0.29, 0.717) is 6.04 Å². The Balaban J connectivity index is 2.20. The highest BCUT2D eigenvalue weighted by molar-refractivity contribution is 9.10. The zero-order chi connectivity index (χ0) is 15.4. The van der Waals surface area contributed by atoms with Gasteiger partial charge in [0, 0.05) is 24.1 Å². The average Bonchev–Trinajstić information content (AvgIpc) is 2.48. The minimum Gasteiger partial charge on any atom is -0.369 e. The fourth-order valence-corrected chi connectivity index (χ4v) is 2.98. The highest BCUT2D eigenvalue weighted by Crippen LogP contribution is 2.30. The van der Waals surface area contributed by atoms with Crippen molar-refractivity contribution in [1.29, 1.82) is 0 Å². The van der Waals surface area contributed by atoms with E-state index >= 15 is 0 Å². The summed E-state index contributed by atoms with van der Waals surface area (Å²) < 4.78 is 1.12. The van der Waals surface area contributed by atoms with E-state index in [1.807, 2.05) is 25.2 Å². The van der Waals surface area contributed by atoms with Crippen molar-refractivity contribution < 1.29 is 0 Å². The summed E-state index contributed by atoms with van der Waals surface area (Å²) >= 11 is 10.0. The van der Waals surface area contributed by atoms with Crippen LogP contribution >= 0.6 is 27.5 Å². The lowest BCUT2D eigenvalue weighted by Crippen LogP contribution is -2.18. The van der Waals surface area contributed by atoms with E-state index in [1.165, 1.54) is 11.1 Å². The second-order valence-corrected chi connectivity index (χ2v) is 6.43. The molecule has 1 atom stereocenters. The van der Waals surface area contributed by atoms with Crippen LogP contribution in [0.4, 0.5) is 5.69 Å². The van der Waals surface area contributed by atoms with Gasteiger partial charge in [-0.1, -0.05) is 51.8 Å². The molecule has 0 saturated carbocycles. The van der Waals surface area contributed by atoms with Crippen LogP contribution in [0.25, 0.3) is 0 Å². The predicted octanol–water partition coefficient (Wildman–Crippen LogP) is 5.02. The number of nitrogens with zero attached hydrogens (tertiary/aromatic N) is 1. The molecular formula is C17H20BrClN2. The maximum Gasteiger partial charge on any atom is 0.0642 e. The van der Waals surface area contributed by atoms with Crippen molar-refractivity contribution in [1.82, 2.24) is 5.32 Å². The molecule has 1 N–H and O–H groups in total. The second kappa shape index (κ2) is 7.30. The normalized spacial score (nSPS) is 12.2. The molecule has 0 spiro atoms. The van der Waals surface area contributed by atoms with Crippen LogP contribution in [0.2, 0.25) is 5.02 Å². The topological polar surface area (TPSA) is 15.3 Å². The summed E-state index contributed by atoms with van der Waals surface area (Å²) in [6, 6.07) is 14.8. The Bertz CT molecular complexity index is 615. The van der Waals surface area contributed by atoms with Crippen LogP contribution in [-0.2, 0) is 6.54 Å². The molecule has 0 bridgehead atoms. The Hall–Kier alpha value is -1.03. The molecule has 0 radical (unpaired) electrons. The summed E-state index contributed by atoms with van der Waals surface area (Å²) in [4.78, 5) is 2.16. The number of benzene rings is 2. The van der Waals surface area contributed by atoms with Gasteiger partial charge in [-0.2, -0.15) is 0 Å². The Morgan fingerprint density at radius 1 is 1.24 bits per heavy atom. The summed E-state index contributed by atoms with van der Waals surface area (Å²) in [6.45, 7) is 2.93. The molecule has 112 valence electrons. The molecule has 0 fully saturated rings. The Morgan fingerprint density at radius 3 is 2.57 bits per heavy atom. The minimum atomic E-state index is 0.296. The summed E-state index contributed by atoms with van der Waals surface area (Å²) in [7, 11) is 4.01. The number of hydrogen-bond acceptors (Lipinski definition) is 2. The lowest BCUT2D eigenvalue weighted by atomic mass is 10.1. The average molecular weight is 368 g/mol. The van der Waals surface area contributed by atoms with Crippen LogP contribution in [0.3, 0.4) is 0 Å². The molecule has 1 unspecified atom stereocenters. The first-order valence-corrected chi connectivity index (χ1v) is 8.11. The van der Waals surface area contributed by atoms with Crippen LogP contribution in [0.5, 0.6) is 0 Å². The molecule has 2 rings (SSSR count). The minimum absolute atomic E-state index is 0.296. The number of hydrogen-bond donors (Lipinski definition) is 1. The van der Waals surface area contributed by atoms with Gasteiger partial charge in [-0.05, 0) is 43.3 Å². The van der Waals surface area contributed by atoms with Gasteiger partial charge < -0.3 is 10.2 Å². The zero-order valence-electron chi connectivity index (χ0n) is 12.5. The first-order chi connectivity index (χ1) is 10.0. The third kappa shape index (κ3) is 4.00. The number of nitrogens with one attached hydrogen (secondary N) is 1. The summed E-state index contributed by atoms with van der Waals surface area (Å²) in [5.41, 5.74) is 3.48. The monoisotopic (exact) mass is 366 g/mol. The van der Waals surface area contributed by atoms with E-state index in [4.69, 9.17) is 11.6 Å². The maximum absolute atomic E-state index is 6.45. The number of halogens is 2. The van der Waals surface area contributed by atoms with Gasteiger partial charge in [-0.15, -0.1) is 0 Å². The Labute approximate surface area is 140 Å². The molecular weight excluding hydrogens is 348 g/mol. The van der Waals surface area contributed by atoms with Crippen molar-refractivity contribution in [3.8, 4) is 0 Å². The predicted molar refractivity (Wildman–Crippen MR) is 95.2 cm³/mol. The molecule has 2 aromatic carbocycles. The fourth-order valence-electron chi connectivity index (χ4n) is 2.24. The standard InChI is InChI=1S/C17H20BrClN2/c1-12(20-2)13-8-9-17(16(19)10-13)21(3)11-14-6-4-5-7-15(14)18/h4-10,12,20H,11H2,1-3H3. The molecule has 21 heavy (non-hydrogen) atoms. The molecule has 2 nitrogen and oxygen atoms in total. The van der Waals surface area contributed by atoms with Crippen molar-refractivity contribution >= 4 is 33.2 Å². The lowest BCUT2D eigenvalue weighted by molar-refractivity contribution is 0.652. The van der Waals surface area contributed by atoms with Gasteiger partial charge in [0.05, 0.1) is 10.7 Å². The fraction of sp³-hybridized carbons (Fsp3) is 0.294. The van der Waals surface area contributed by atoms with Crippen molar-refractivity contribution in [2.24, 2.45) is 0 Å². The van der Waals surface area contributed by atoms with Gasteiger partial charge in [0.15, 0.2) is 0 Å². The third-order valence-electron chi connectivity index (χ3n) is 3.68. The van der Waals surface area contributed by atoms with Crippen LogP contribution < -0.4 is 10.2 Å². The van der Waals surface area contributed by atoms with E-state index in [0.717, 1.165) is 21.7 Å². The van der Waals surface area contributed by atoms with E-state index in [9.17, 15) is 0 Å². The smallest absolute Gasteiger partial charge is 0.0642 e. The summed E-state index contributed by atoms with van der Waals surface area (Å²) in [5.74, 6) is 0. The molecule has 4 heteroatoms. The maximum atomic E-state index is 6.45. The van der Waals surface area contributed by atoms with Gasteiger partial charge in [-0.25, -0.2) is 0 Å². The quantitative estimate of drug-likeness (QED) is 0.798. The van der Waals surface area contributed by atoms with Crippen molar-refractivity contribution in [3.05, 3.63) is 63.1 Å². The Kier molecular flexibility index (Phi) is 5.68. The molecule has 0 aliphatic rings. The highest BCUT2D eigenvalue weighted by atomic mass is 79.9. The molecule has 0 aromatic heterocycles. The van der Waals surface area contributed by atoms with E-state index in [-0.39, 0.29) is 0 Å². The largest absolute Gasteiger partial charge is 0.369 e. The van der Waals surface area contributed by atoms with Crippen LogP contribution in [0, 0.1) is 0 Å². The van der Waals surface area contributed by atoms with Gasteiger partial charge in [0.2, 0.25) is 0 Å². The summed E-state index contributed by atoms with van der Waals surface area (Å²) in [6.07, 6.45) is 0. The van der Waals surface area contributed by atoms with Crippen molar-refractivity contribution in [2.75, 3.05) is 19.0 Å². The third-order valence-corrected chi connectivity index (χ3v) is 4.76. The van der Waals surface area contributed by atoms with Gasteiger partial charge >= 0.3 is 0 Å². The van der Waals surface area contributed by atoms with Crippen LogP contribution in [0.15, 0.2) is 46.9 Å². The lowest BCUT2D eigenvalue weighted by Gasteiger charge is -2.22. The molecule has 0 heterocycles. The van der Waals surface area contributed by atoms with E-state index < -0.39 is 0 Å². The van der Waals surface area contributed by atoms with Crippen LogP contribution in [0.1, 0.15) is 24.1 Å². The van der Waals surface area contributed by atoms with E-state index in [2.05, 4.69) is 64.4 Å². The van der Waals surface area contributed by atoms with Gasteiger partial charge in [0.1, 0.15) is 0 Å². The highest BCUT2D eigenvalue weighted by Gasteiger charge is 2.11. The first-order valence-electron chi connectivity index (χ1n) is 6.94. The summed E-state index contributed by atoms with van der Waals surface area (Å²) in [5, 5.41) is 4.01. The zero-order valence-corrected chi connectivity index (χ0v) is 14.9. The van der Waals surface area contributed by atoms with Gasteiger partial charge in [0.25, 0.3) is 0 Å². The molecule has 0 aliphatic heterocycles.